The maximum atomic E-state index is 14.6. The van der Waals surface area contributed by atoms with Gasteiger partial charge in [-0.05, 0) is 92.8 Å². The van der Waals surface area contributed by atoms with Gasteiger partial charge in [0.15, 0.2) is 22.5 Å². The van der Waals surface area contributed by atoms with E-state index in [1.807, 2.05) is 29.6 Å². The van der Waals surface area contributed by atoms with Gasteiger partial charge in [-0.1, -0.05) is 35.9 Å². The van der Waals surface area contributed by atoms with Crippen LogP contribution in [0.2, 0.25) is 5.02 Å². The second-order valence-electron chi connectivity index (χ2n) is 15.2. The largest absolute Gasteiger partial charge is 0.487 e. The third kappa shape index (κ3) is 10.3. The second-order valence-corrected chi connectivity index (χ2v) is 16.5. The molecular weight excluding hydrogens is 799 g/mol. The van der Waals surface area contributed by atoms with Crippen LogP contribution in [0, 0.1) is 11.2 Å². The number of ether oxygens (including phenoxy) is 2. The highest BCUT2D eigenvalue weighted by atomic mass is 35.5. The van der Waals surface area contributed by atoms with Crippen molar-refractivity contribution in [2.75, 3.05) is 25.1 Å². The number of fused-ring (bicyclic) bond motifs is 1. The number of aryl methyl sites for hydroxylation is 1. The van der Waals surface area contributed by atoms with Crippen LogP contribution >= 0.6 is 22.9 Å². The number of unbranched alkanes of at least 4 members (excludes halogenated alkanes) is 1. The number of nitrogens with zero attached hydrogens (tertiary/aromatic N) is 3. The molecular formula is C43H46ClFN6O7S. The van der Waals surface area contributed by atoms with Crippen LogP contribution in [0.4, 0.5) is 15.3 Å². The van der Waals surface area contributed by atoms with Gasteiger partial charge in [0.05, 0.1) is 16.5 Å². The SMILES string of the molecule is O=C(CCc1cccc2c1CN(C1CCC(=O)NC1=O)C2=O)COCCCCNC(=O)C1(Cc2cccc(Nc3nccs3)n2)CCC(Oc2cccc(Cl)c2F)CC1. The predicted molar refractivity (Wildman–Crippen MR) is 219 cm³/mol. The fourth-order valence-corrected chi connectivity index (χ4v) is 8.73. The summed E-state index contributed by atoms with van der Waals surface area (Å²) >= 11 is 7.44. The lowest BCUT2D eigenvalue weighted by atomic mass is 9.69. The van der Waals surface area contributed by atoms with Crippen molar-refractivity contribution in [3.05, 3.63) is 99.4 Å². The van der Waals surface area contributed by atoms with Crippen LogP contribution in [-0.4, -0.2) is 76.2 Å². The fourth-order valence-electron chi connectivity index (χ4n) is 8.02. The molecule has 2 aromatic heterocycles. The molecule has 16 heteroatoms. The number of amides is 4. The summed E-state index contributed by atoms with van der Waals surface area (Å²) in [6.45, 7) is 0.995. The average Bonchev–Trinajstić information content (AvgIpc) is 3.86. The first-order chi connectivity index (χ1) is 28.6. The number of Topliss-reactive ketones (excluding diaryl/α,β-unsaturated/α-hetero) is 1. The number of halogens is 2. The van der Waals surface area contributed by atoms with E-state index in [4.69, 9.17) is 26.1 Å². The van der Waals surface area contributed by atoms with Crippen LogP contribution in [0.25, 0.3) is 0 Å². The van der Waals surface area contributed by atoms with Gasteiger partial charge in [0.25, 0.3) is 5.91 Å². The number of ketones is 1. The lowest BCUT2D eigenvalue weighted by Crippen LogP contribution is -2.52. The number of nitrogens with one attached hydrogen (secondary N) is 3. The number of aromatic nitrogens is 2. The summed E-state index contributed by atoms with van der Waals surface area (Å²) in [5.74, 6) is -1.04. The summed E-state index contributed by atoms with van der Waals surface area (Å²) in [4.78, 5) is 74.5. The minimum atomic E-state index is -0.752. The van der Waals surface area contributed by atoms with Gasteiger partial charge in [-0.25, -0.2) is 14.4 Å². The van der Waals surface area contributed by atoms with E-state index in [0.717, 1.165) is 22.0 Å². The first-order valence-corrected chi connectivity index (χ1v) is 21.2. The summed E-state index contributed by atoms with van der Waals surface area (Å²) in [5, 5.41) is 11.3. The molecule has 4 amide bonds. The van der Waals surface area contributed by atoms with E-state index in [1.165, 1.54) is 22.3 Å². The zero-order valence-electron chi connectivity index (χ0n) is 32.5. The fraction of sp³-hybridized carbons (Fsp3) is 0.419. The van der Waals surface area contributed by atoms with E-state index in [2.05, 4.69) is 20.9 Å². The van der Waals surface area contributed by atoms with Gasteiger partial charge in [-0.2, -0.15) is 0 Å². The molecule has 2 aromatic carbocycles. The first-order valence-electron chi connectivity index (χ1n) is 19.9. The Bertz CT molecular complexity index is 2180. The minimum Gasteiger partial charge on any atom is -0.487 e. The molecule has 1 saturated carbocycles. The summed E-state index contributed by atoms with van der Waals surface area (Å²) in [6.07, 6.45) is 6.40. The van der Waals surface area contributed by atoms with E-state index in [1.54, 1.807) is 30.5 Å². The monoisotopic (exact) mass is 844 g/mol. The smallest absolute Gasteiger partial charge is 0.255 e. The standard InChI is InChI=1S/C43H46ClFN6O7S/c44-33-9-5-10-35(38(33)45)58-30-16-18-43(19-17-30,24-28-7-4-11-36(48-28)49-42-47-21-23-59-42)41(56)46-20-1-2-22-57-26-29(52)13-12-27-6-3-8-31-32(27)25-51(40(31)55)34-14-15-37(53)50-39(34)54/h3-11,21,23,30,34H,1-2,12-20,22,24-26H2,(H,46,56)(H,47,48,49)(H,50,53,54). The molecule has 2 aliphatic heterocycles. The summed E-state index contributed by atoms with van der Waals surface area (Å²) in [7, 11) is 0. The first kappa shape index (κ1) is 41.9. The maximum Gasteiger partial charge on any atom is 0.255 e. The van der Waals surface area contributed by atoms with Gasteiger partial charge in [0, 0.05) is 61.8 Å². The lowest BCUT2D eigenvalue weighted by molar-refractivity contribution is -0.137. The van der Waals surface area contributed by atoms with E-state index >= 15 is 0 Å². The van der Waals surface area contributed by atoms with Gasteiger partial charge in [-0.3, -0.25) is 29.3 Å². The van der Waals surface area contributed by atoms with Crippen LogP contribution in [0.1, 0.15) is 85.0 Å². The summed E-state index contributed by atoms with van der Waals surface area (Å²) in [5.41, 5.74) is 2.21. The van der Waals surface area contributed by atoms with Crippen LogP contribution in [0.5, 0.6) is 5.75 Å². The van der Waals surface area contributed by atoms with Crippen LogP contribution < -0.4 is 20.7 Å². The molecule has 0 radical (unpaired) electrons. The van der Waals surface area contributed by atoms with Crippen LogP contribution in [0.15, 0.2) is 66.2 Å². The molecule has 13 nitrogen and oxygen atoms in total. The second kappa shape index (κ2) is 19.2. The Hall–Kier alpha value is -5.25. The summed E-state index contributed by atoms with van der Waals surface area (Å²) < 4.78 is 26.3. The predicted octanol–water partition coefficient (Wildman–Crippen LogP) is 6.50. The normalized spacial score (nSPS) is 20.2. The molecule has 4 heterocycles. The number of anilines is 2. The zero-order chi connectivity index (χ0) is 41.4. The number of thiazole rings is 1. The van der Waals surface area contributed by atoms with E-state index < -0.39 is 23.2 Å². The molecule has 310 valence electrons. The van der Waals surface area contributed by atoms with Gasteiger partial charge in [0.2, 0.25) is 17.7 Å². The van der Waals surface area contributed by atoms with Crippen molar-refractivity contribution in [2.24, 2.45) is 5.41 Å². The number of imide groups is 1. The van der Waals surface area contributed by atoms with Crippen molar-refractivity contribution in [3.63, 3.8) is 0 Å². The van der Waals surface area contributed by atoms with Gasteiger partial charge in [-0.15, -0.1) is 11.3 Å². The molecule has 4 aromatic rings. The molecule has 1 unspecified atom stereocenters. The number of hydrogen-bond donors (Lipinski definition) is 3. The minimum absolute atomic E-state index is 0.00496. The Morgan fingerprint density at radius 3 is 2.64 bits per heavy atom. The number of rotatable bonds is 18. The molecule has 7 rings (SSSR count). The number of piperidine rings is 1. The van der Waals surface area contributed by atoms with Crippen molar-refractivity contribution < 1.29 is 37.8 Å². The summed E-state index contributed by atoms with van der Waals surface area (Å²) in [6, 6.07) is 15.1. The molecule has 1 atom stereocenters. The van der Waals surface area contributed by atoms with E-state index in [0.29, 0.717) is 75.9 Å². The van der Waals surface area contributed by atoms with Crippen LogP contribution in [-0.2, 0) is 43.3 Å². The topological polar surface area (TPSA) is 169 Å². The number of carbonyl (C=O) groups is 5. The highest BCUT2D eigenvalue weighted by Gasteiger charge is 2.43. The van der Waals surface area contributed by atoms with Crippen molar-refractivity contribution >= 4 is 63.3 Å². The van der Waals surface area contributed by atoms with Gasteiger partial charge < -0.3 is 25.0 Å². The van der Waals surface area contributed by atoms with E-state index in [9.17, 15) is 28.4 Å². The highest BCUT2D eigenvalue weighted by Crippen LogP contribution is 2.41. The Morgan fingerprint density at radius 1 is 1.03 bits per heavy atom. The molecule has 59 heavy (non-hydrogen) atoms. The number of carbonyl (C=O) groups excluding carboxylic acids is 5. The van der Waals surface area contributed by atoms with Gasteiger partial charge in [0.1, 0.15) is 18.5 Å². The van der Waals surface area contributed by atoms with Crippen molar-refractivity contribution in [1.82, 2.24) is 25.5 Å². The van der Waals surface area contributed by atoms with Crippen molar-refractivity contribution in [1.29, 1.82) is 0 Å². The Labute approximate surface area is 350 Å². The Kier molecular flexibility index (Phi) is 13.6. The molecule has 3 N–H and O–H groups in total. The van der Waals surface area contributed by atoms with Gasteiger partial charge >= 0.3 is 0 Å². The molecule has 2 fully saturated rings. The Balaban J connectivity index is 0.865. The van der Waals surface area contributed by atoms with E-state index in [-0.39, 0.29) is 72.8 Å². The van der Waals surface area contributed by atoms with Crippen molar-refractivity contribution in [3.8, 4) is 5.75 Å². The van der Waals surface area contributed by atoms with Crippen molar-refractivity contribution in [2.45, 2.75) is 89.3 Å². The highest BCUT2D eigenvalue weighted by molar-refractivity contribution is 7.13. The maximum absolute atomic E-state index is 14.6. The molecule has 1 saturated heterocycles. The molecule has 0 spiro atoms. The number of benzene rings is 2. The third-order valence-corrected chi connectivity index (χ3v) is 12.2. The number of pyridine rings is 1. The number of hydrogen-bond acceptors (Lipinski definition) is 11. The zero-order valence-corrected chi connectivity index (χ0v) is 34.0. The molecule has 1 aliphatic carbocycles. The van der Waals surface area contributed by atoms with Crippen LogP contribution in [0.3, 0.4) is 0 Å². The molecule has 0 bridgehead atoms. The Morgan fingerprint density at radius 2 is 1.85 bits per heavy atom. The third-order valence-electron chi connectivity index (χ3n) is 11.2. The molecule has 3 aliphatic rings. The average molecular weight is 845 g/mol. The lowest BCUT2D eigenvalue weighted by Gasteiger charge is -2.39. The quantitative estimate of drug-likeness (QED) is 0.0743.